The number of carbonyl (C=O) groups is 2. The smallest absolute Gasteiger partial charge is 0.344 e. The van der Waals surface area contributed by atoms with Crippen molar-refractivity contribution >= 4 is 17.6 Å². The van der Waals surface area contributed by atoms with Crippen LogP contribution in [0.25, 0.3) is 0 Å². The van der Waals surface area contributed by atoms with Crippen molar-refractivity contribution in [3.05, 3.63) is 69.5 Å². The molecule has 0 aromatic heterocycles. The Labute approximate surface area is 192 Å². The van der Waals surface area contributed by atoms with Gasteiger partial charge in [-0.25, -0.2) is 9.18 Å². The van der Waals surface area contributed by atoms with Crippen LogP contribution in [0.15, 0.2) is 42.5 Å². The fourth-order valence-corrected chi connectivity index (χ4v) is 3.15. The van der Waals surface area contributed by atoms with E-state index in [4.69, 9.17) is 9.47 Å². The van der Waals surface area contributed by atoms with E-state index in [0.29, 0.717) is 12.2 Å². The molecule has 178 valence electrons. The predicted octanol–water partition coefficient (Wildman–Crippen LogP) is 4.80. The lowest BCUT2D eigenvalue weighted by atomic mass is 10.0. The number of amides is 1. The van der Waals surface area contributed by atoms with Gasteiger partial charge in [-0.2, -0.15) is 0 Å². The second-order valence-corrected chi connectivity index (χ2v) is 7.64. The number of hydrogen-bond acceptors (Lipinski definition) is 6. The van der Waals surface area contributed by atoms with Gasteiger partial charge in [0.2, 0.25) is 0 Å². The van der Waals surface area contributed by atoms with Crippen molar-refractivity contribution in [2.24, 2.45) is 5.92 Å². The Morgan fingerprint density at radius 2 is 1.97 bits per heavy atom. The third-order valence-corrected chi connectivity index (χ3v) is 5.13. The molecule has 1 atom stereocenters. The summed E-state index contributed by atoms with van der Waals surface area (Å²) in [6, 6.07) is 9.22. The van der Waals surface area contributed by atoms with Crippen LogP contribution >= 0.6 is 0 Å². The monoisotopic (exact) mass is 460 g/mol. The van der Waals surface area contributed by atoms with E-state index in [0.717, 1.165) is 37.8 Å². The third-order valence-electron chi connectivity index (χ3n) is 5.13. The molecule has 8 nitrogen and oxygen atoms in total. The van der Waals surface area contributed by atoms with Crippen LogP contribution in [0.5, 0.6) is 5.75 Å². The summed E-state index contributed by atoms with van der Waals surface area (Å²) in [5.74, 6) is -1.62. The maximum absolute atomic E-state index is 13.7. The van der Waals surface area contributed by atoms with E-state index in [-0.39, 0.29) is 29.5 Å². The third kappa shape index (κ3) is 8.51. The molecular formula is C24H29FN2O6. The van der Waals surface area contributed by atoms with Crippen molar-refractivity contribution in [3.63, 3.8) is 0 Å². The number of nitro benzene ring substituents is 1. The van der Waals surface area contributed by atoms with E-state index in [1.54, 1.807) is 6.07 Å². The van der Waals surface area contributed by atoms with Crippen LogP contribution in [0.3, 0.4) is 0 Å². The van der Waals surface area contributed by atoms with Gasteiger partial charge in [0.25, 0.3) is 11.6 Å². The van der Waals surface area contributed by atoms with Crippen LogP contribution in [-0.4, -0.2) is 30.0 Å². The van der Waals surface area contributed by atoms with Crippen molar-refractivity contribution in [1.29, 1.82) is 0 Å². The summed E-state index contributed by atoms with van der Waals surface area (Å²) in [4.78, 5) is 35.0. The zero-order valence-corrected chi connectivity index (χ0v) is 18.8. The van der Waals surface area contributed by atoms with Gasteiger partial charge >= 0.3 is 5.97 Å². The fraction of sp³-hybridized carbons (Fsp3) is 0.417. The van der Waals surface area contributed by atoms with Crippen molar-refractivity contribution in [3.8, 4) is 5.75 Å². The Morgan fingerprint density at radius 1 is 1.18 bits per heavy atom. The SMILES string of the molecule is CCCCC(CC)COC(=O)COc1cc(F)ccc1C(=O)NCc1cccc([N+](=O)[O-])c1. The lowest BCUT2D eigenvalue weighted by Gasteiger charge is -2.15. The highest BCUT2D eigenvalue weighted by atomic mass is 19.1. The van der Waals surface area contributed by atoms with Crippen molar-refractivity contribution < 1.29 is 28.4 Å². The van der Waals surface area contributed by atoms with Crippen LogP contribution in [0.2, 0.25) is 0 Å². The molecule has 0 saturated carbocycles. The molecule has 0 radical (unpaired) electrons. The van der Waals surface area contributed by atoms with Gasteiger partial charge in [0, 0.05) is 24.7 Å². The van der Waals surface area contributed by atoms with E-state index in [2.05, 4.69) is 12.2 Å². The molecule has 0 fully saturated rings. The maximum atomic E-state index is 13.7. The number of nitro groups is 1. The summed E-state index contributed by atoms with van der Waals surface area (Å²) in [7, 11) is 0. The Kier molecular flexibility index (Phi) is 10.3. The van der Waals surface area contributed by atoms with Crippen molar-refractivity contribution in [2.75, 3.05) is 13.2 Å². The summed E-state index contributed by atoms with van der Waals surface area (Å²) < 4.78 is 24.4. The average Bonchev–Trinajstić information content (AvgIpc) is 2.81. The molecule has 0 aliphatic heterocycles. The number of esters is 1. The van der Waals surface area contributed by atoms with Gasteiger partial charge in [0.05, 0.1) is 17.1 Å². The van der Waals surface area contributed by atoms with Gasteiger partial charge in [-0.05, 0) is 30.0 Å². The number of halogens is 1. The number of rotatable bonds is 13. The largest absolute Gasteiger partial charge is 0.481 e. The van der Waals surface area contributed by atoms with E-state index >= 15 is 0 Å². The molecule has 9 heteroatoms. The summed E-state index contributed by atoms with van der Waals surface area (Å²) in [5, 5.41) is 13.5. The number of nitrogens with one attached hydrogen (secondary N) is 1. The van der Waals surface area contributed by atoms with Gasteiger partial charge in [-0.1, -0.05) is 45.2 Å². The number of unbranched alkanes of at least 4 members (excludes halogenated alkanes) is 1. The number of nitrogens with zero attached hydrogens (tertiary/aromatic N) is 1. The molecule has 0 saturated heterocycles. The summed E-state index contributed by atoms with van der Waals surface area (Å²) >= 11 is 0. The second kappa shape index (κ2) is 13.1. The van der Waals surface area contributed by atoms with Crippen LogP contribution in [0, 0.1) is 21.8 Å². The maximum Gasteiger partial charge on any atom is 0.344 e. The van der Waals surface area contributed by atoms with Crippen LogP contribution < -0.4 is 10.1 Å². The van der Waals surface area contributed by atoms with Crippen LogP contribution in [-0.2, 0) is 16.1 Å². The topological polar surface area (TPSA) is 108 Å². The zero-order chi connectivity index (χ0) is 24.2. The number of benzene rings is 2. The first-order valence-corrected chi connectivity index (χ1v) is 10.9. The molecule has 0 aliphatic rings. The minimum absolute atomic E-state index is 0.0234. The van der Waals surface area contributed by atoms with E-state index in [1.807, 2.05) is 6.92 Å². The Balaban J connectivity index is 1.96. The quantitative estimate of drug-likeness (QED) is 0.261. The molecule has 33 heavy (non-hydrogen) atoms. The molecule has 2 aromatic carbocycles. The second-order valence-electron chi connectivity index (χ2n) is 7.64. The summed E-state index contributed by atoms with van der Waals surface area (Å²) in [5.41, 5.74) is 0.467. The summed E-state index contributed by atoms with van der Waals surface area (Å²) in [6.45, 7) is 3.99. The molecule has 2 rings (SSSR count). The molecule has 0 aliphatic carbocycles. The van der Waals surface area contributed by atoms with Crippen LogP contribution in [0.1, 0.15) is 55.5 Å². The molecule has 1 N–H and O–H groups in total. The van der Waals surface area contributed by atoms with E-state index < -0.39 is 29.2 Å². The van der Waals surface area contributed by atoms with Gasteiger partial charge in [0.1, 0.15) is 11.6 Å². The average molecular weight is 461 g/mol. The normalized spacial score (nSPS) is 11.5. The first-order chi connectivity index (χ1) is 15.8. The van der Waals surface area contributed by atoms with Gasteiger partial charge in [0.15, 0.2) is 6.61 Å². The Morgan fingerprint density at radius 3 is 2.67 bits per heavy atom. The Hall–Kier alpha value is -3.49. The van der Waals surface area contributed by atoms with Crippen molar-refractivity contribution in [2.45, 2.75) is 46.1 Å². The predicted molar refractivity (Wildman–Crippen MR) is 120 cm³/mol. The first-order valence-electron chi connectivity index (χ1n) is 10.9. The highest BCUT2D eigenvalue weighted by Crippen LogP contribution is 2.21. The summed E-state index contributed by atoms with van der Waals surface area (Å²) in [6.07, 6.45) is 4.00. The molecule has 2 aromatic rings. The fourth-order valence-electron chi connectivity index (χ4n) is 3.15. The number of non-ortho nitro benzene ring substituents is 1. The number of carbonyl (C=O) groups excluding carboxylic acids is 2. The Bertz CT molecular complexity index is 966. The standard InChI is InChI=1S/C24H29FN2O6/c1-3-5-7-17(4-2)15-33-23(28)16-32-22-13-19(25)10-11-21(22)24(29)26-14-18-8-6-9-20(12-18)27(30)31/h6,8-13,17H,3-5,7,14-16H2,1-2H3,(H,26,29). The highest BCUT2D eigenvalue weighted by Gasteiger charge is 2.17. The molecule has 0 heterocycles. The minimum Gasteiger partial charge on any atom is -0.481 e. The van der Waals surface area contributed by atoms with E-state index in [9.17, 15) is 24.1 Å². The molecular weight excluding hydrogens is 431 g/mol. The first kappa shape index (κ1) is 25.8. The molecule has 1 unspecified atom stereocenters. The van der Waals surface area contributed by atoms with E-state index in [1.165, 1.54) is 24.3 Å². The highest BCUT2D eigenvalue weighted by molar-refractivity contribution is 5.97. The lowest BCUT2D eigenvalue weighted by Crippen LogP contribution is -2.24. The zero-order valence-electron chi connectivity index (χ0n) is 18.8. The number of ether oxygens (including phenoxy) is 2. The molecule has 1 amide bonds. The van der Waals surface area contributed by atoms with Crippen LogP contribution in [0.4, 0.5) is 10.1 Å². The number of hydrogen-bond donors (Lipinski definition) is 1. The lowest BCUT2D eigenvalue weighted by molar-refractivity contribution is -0.384. The minimum atomic E-state index is -0.626. The van der Waals surface area contributed by atoms with Gasteiger partial charge < -0.3 is 14.8 Å². The van der Waals surface area contributed by atoms with Gasteiger partial charge in [-0.15, -0.1) is 0 Å². The molecule has 0 bridgehead atoms. The van der Waals surface area contributed by atoms with Crippen molar-refractivity contribution in [1.82, 2.24) is 5.32 Å². The van der Waals surface area contributed by atoms with Gasteiger partial charge in [-0.3, -0.25) is 14.9 Å². The molecule has 0 spiro atoms.